The van der Waals surface area contributed by atoms with E-state index in [9.17, 15) is 4.79 Å². The van der Waals surface area contributed by atoms with Crippen LogP contribution in [0, 0.1) is 11.8 Å². The van der Waals surface area contributed by atoms with Crippen LogP contribution in [0.2, 0.25) is 0 Å². The highest BCUT2D eigenvalue weighted by atomic mass is 16.5. The molecule has 0 aromatic carbocycles. The summed E-state index contributed by atoms with van der Waals surface area (Å²) in [5.74, 6) is 0.378. The number of primary amides is 1. The lowest BCUT2D eigenvalue weighted by atomic mass is 9.63. The molecule has 1 aliphatic heterocycles. The van der Waals surface area contributed by atoms with Crippen molar-refractivity contribution in [3.05, 3.63) is 29.6 Å². The van der Waals surface area contributed by atoms with Gasteiger partial charge in [-0.05, 0) is 30.5 Å². The van der Waals surface area contributed by atoms with E-state index in [0.29, 0.717) is 17.5 Å². The number of amides is 1. The first kappa shape index (κ1) is 13.5. The van der Waals surface area contributed by atoms with Crippen molar-refractivity contribution < 1.29 is 9.53 Å². The Kier molecular flexibility index (Phi) is 3.48. The zero-order chi connectivity index (χ0) is 14.2. The van der Waals surface area contributed by atoms with Gasteiger partial charge in [-0.3, -0.25) is 9.78 Å². The Labute approximate surface area is 118 Å². The summed E-state index contributed by atoms with van der Waals surface area (Å²) in [5, 5.41) is 3.50. The molecule has 2 aliphatic rings. The van der Waals surface area contributed by atoms with Gasteiger partial charge in [-0.2, -0.15) is 0 Å². The highest BCUT2D eigenvalue weighted by molar-refractivity contribution is 5.90. The van der Waals surface area contributed by atoms with Crippen molar-refractivity contribution in [3.63, 3.8) is 0 Å². The molecular formula is C15H21N3O2. The molecular weight excluding hydrogens is 254 g/mol. The number of piperidine rings is 1. The minimum absolute atomic E-state index is 0.309. The van der Waals surface area contributed by atoms with E-state index in [0.717, 1.165) is 31.5 Å². The molecule has 1 amide bonds. The Morgan fingerprint density at radius 3 is 2.75 bits per heavy atom. The van der Waals surface area contributed by atoms with Gasteiger partial charge in [0.25, 0.3) is 5.91 Å². The predicted octanol–water partition coefficient (Wildman–Crippen LogP) is 1.04. The van der Waals surface area contributed by atoms with Crippen LogP contribution in [-0.2, 0) is 10.3 Å². The lowest BCUT2D eigenvalue weighted by molar-refractivity contribution is -0.144. The number of methoxy groups -OCH3 is 1. The average Bonchev–Trinajstić information content (AvgIpc) is 2.46. The number of nitrogens with two attached hydrogens (primary N) is 1. The number of nitrogens with zero attached hydrogens (tertiary/aromatic N) is 1. The van der Waals surface area contributed by atoms with Gasteiger partial charge in [-0.1, -0.05) is 6.42 Å². The van der Waals surface area contributed by atoms with Crippen LogP contribution >= 0.6 is 0 Å². The molecule has 20 heavy (non-hydrogen) atoms. The second kappa shape index (κ2) is 5.14. The van der Waals surface area contributed by atoms with Gasteiger partial charge in [0, 0.05) is 38.2 Å². The molecule has 1 aromatic rings. The third-order valence-corrected chi connectivity index (χ3v) is 4.90. The molecule has 2 heterocycles. The van der Waals surface area contributed by atoms with Gasteiger partial charge in [0.05, 0.1) is 0 Å². The lowest BCUT2D eigenvalue weighted by Gasteiger charge is -2.52. The van der Waals surface area contributed by atoms with Gasteiger partial charge in [-0.25, -0.2) is 0 Å². The van der Waals surface area contributed by atoms with E-state index in [1.165, 1.54) is 6.42 Å². The van der Waals surface area contributed by atoms with Crippen LogP contribution in [0.25, 0.3) is 0 Å². The van der Waals surface area contributed by atoms with E-state index in [-0.39, 0.29) is 5.60 Å². The van der Waals surface area contributed by atoms with E-state index >= 15 is 0 Å². The largest absolute Gasteiger partial charge is 0.373 e. The molecule has 1 aromatic heterocycles. The highest BCUT2D eigenvalue weighted by Crippen LogP contribution is 2.49. The summed E-state index contributed by atoms with van der Waals surface area (Å²) in [6.45, 7) is 1.91. The van der Waals surface area contributed by atoms with E-state index < -0.39 is 5.91 Å². The molecule has 1 saturated heterocycles. The third kappa shape index (κ3) is 1.93. The first-order valence-corrected chi connectivity index (χ1v) is 7.20. The van der Waals surface area contributed by atoms with Crippen molar-refractivity contribution >= 4 is 5.91 Å². The fourth-order valence-electron chi connectivity index (χ4n) is 4.04. The van der Waals surface area contributed by atoms with Crippen LogP contribution in [-0.4, -0.2) is 31.1 Å². The molecule has 0 spiro atoms. The topological polar surface area (TPSA) is 77.2 Å². The number of rotatable bonds is 3. The first-order valence-electron chi connectivity index (χ1n) is 7.20. The molecule has 3 rings (SSSR count). The number of ether oxygens (including phenoxy) is 1. The molecule has 0 unspecified atom stereocenters. The quantitative estimate of drug-likeness (QED) is 0.864. The van der Waals surface area contributed by atoms with Crippen LogP contribution in [0.15, 0.2) is 18.3 Å². The second-order valence-electron chi connectivity index (χ2n) is 5.77. The summed E-state index contributed by atoms with van der Waals surface area (Å²) < 4.78 is 6.05. The highest BCUT2D eigenvalue weighted by Gasteiger charge is 2.51. The lowest BCUT2D eigenvalue weighted by Crippen LogP contribution is -2.57. The van der Waals surface area contributed by atoms with Gasteiger partial charge < -0.3 is 15.8 Å². The van der Waals surface area contributed by atoms with Crippen molar-refractivity contribution in [2.45, 2.75) is 24.9 Å². The van der Waals surface area contributed by atoms with Gasteiger partial charge in [0.2, 0.25) is 0 Å². The molecule has 5 nitrogen and oxygen atoms in total. The van der Waals surface area contributed by atoms with Crippen molar-refractivity contribution in [1.29, 1.82) is 0 Å². The minimum Gasteiger partial charge on any atom is -0.373 e. The van der Waals surface area contributed by atoms with Gasteiger partial charge in [-0.15, -0.1) is 0 Å². The van der Waals surface area contributed by atoms with Crippen LogP contribution in [0.4, 0.5) is 0 Å². The summed E-state index contributed by atoms with van der Waals surface area (Å²) in [6, 6.07) is 3.77. The van der Waals surface area contributed by atoms with Crippen LogP contribution in [0.3, 0.4) is 0 Å². The van der Waals surface area contributed by atoms with Crippen molar-refractivity contribution in [1.82, 2.24) is 10.3 Å². The maximum Gasteiger partial charge on any atom is 0.267 e. The maximum atomic E-state index is 11.4. The van der Waals surface area contributed by atoms with E-state index in [4.69, 9.17) is 10.5 Å². The summed E-state index contributed by atoms with van der Waals surface area (Å²) in [7, 11) is 1.78. The Balaban J connectivity index is 2.08. The molecule has 2 fully saturated rings. The molecule has 5 heteroatoms. The first-order chi connectivity index (χ1) is 9.68. The summed E-state index contributed by atoms with van der Waals surface area (Å²) in [6.07, 6.45) is 5.20. The van der Waals surface area contributed by atoms with Crippen LogP contribution in [0.1, 0.15) is 35.3 Å². The minimum atomic E-state index is -0.489. The second-order valence-corrected chi connectivity index (χ2v) is 5.77. The molecule has 3 atom stereocenters. The molecule has 3 N–H and O–H groups in total. The van der Waals surface area contributed by atoms with Crippen LogP contribution in [0.5, 0.6) is 0 Å². The fourth-order valence-corrected chi connectivity index (χ4v) is 4.04. The number of pyridine rings is 1. The SMILES string of the molecule is CO[C@@]1(c2ccnc(C(N)=O)c2)[C@@H]2CCC[C@H]1CNC2. The predicted molar refractivity (Wildman–Crippen MR) is 75.1 cm³/mol. The van der Waals surface area contributed by atoms with Crippen molar-refractivity contribution in [2.75, 3.05) is 20.2 Å². The zero-order valence-electron chi connectivity index (χ0n) is 11.8. The smallest absolute Gasteiger partial charge is 0.267 e. The average molecular weight is 275 g/mol. The monoisotopic (exact) mass is 275 g/mol. The summed E-state index contributed by atoms with van der Waals surface area (Å²) in [4.78, 5) is 15.4. The molecule has 1 saturated carbocycles. The number of aromatic nitrogens is 1. The van der Waals surface area contributed by atoms with E-state index in [1.54, 1.807) is 13.3 Å². The number of carbonyl (C=O) groups excluding carboxylic acids is 1. The summed E-state index contributed by atoms with van der Waals surface area (Å²) in [5.41, 5.74) is 6.41. The fraction of sp³-hybridized carbons (Fsp3) is 0.600. The van der Waals surface area contributed by atoms with E-state index in [1.807, 2.05) is 12.1 Å². The molecule has 0 radical (unpaired) electrons. The number of fused-ring (bicyclic) bond motifs is 2. The normalized spacial score (nSPS) is 32.9. The standard InChI is InChI=1S/C15H21N3O2/c1-20-15(10-5-6-18-13(7-10)14(16)19)11-3-2-4-12(15)9-17-8-11/h5-7,11-12,17H,2-4,8-9H2,1H3,(H2,16,19)/t11-,12+,15+. The molecule has 108 valence electrons. The summed E-state index contributed by atoms with van der Waals surface area (Å²) >= 11 is 0. The van der Waals surface area contributed by atoms with Gasteiger partial charge in [0.15, 0.2) is 0 Å². The maximum absolute atomic E-state index is 11.4. The van der Waals surface area contributed by atoms with E-state index in [2.05, 4.69) is 10.3 Å². The molecule has 2 bridgehead atoms. The Hall–Kier alpha value is -1.46. The Morgan fingerprint density at radius 2 is 2.15 bits per heavy atom. The number of nitrogens with one attached hydrogen (secondary N) is 1. The number of hydrogen-bond donors (Lipinski definition) is 2. The van der Waals surface area contributed by atoms with Crippen molar-refractivity contribution in [2.24, 2.45) is 17.6 Å². The zero-order valence-corrected chi connectivity index (χ0v) is 11.8. The van der Waals surface area contributed by atoms with Gasteiger partial charge in [0.1, 0.15) is 11.3 Å². The number of hydrogen-bond acceptors (Lipinski definition) is 4. The van der Waals surface area contributed by atoms with Crippen LogP contribution < -0.4 is 11.1 Å². The Morgan fingerprint density at radius 1 is 1.45 bits per heavy atom. The van der Waals surface area contributed by atoms with Gasteiger partial charge >= 0.3 is 0 Å². The third-order valence-electron chi connectivity index (χ3n) is 4.90. The molecule has 1 aliphatic carbocycles. The number of carbonyl (C=O) groups is 1. The Bertz CT molecular complexity index is 496. The van der Waals surface area contributed by atoms with Crippen molar-refractivity contribution in [3.8, 4) is 0 Å².